The highest BCUT2D eigenvalue weighted by Crippen LogP contribution is 2.11. The van der Waals surface area contributed by atoms with Crippen molar-refractivity contribution in [1.29, 1.82) is 0 Å². The molecule has 1 aromatic rings. The van der Waals surface area contributed by atoms with Crippen LogP contribution in [0.5, 0.6) is 0 Å². The third-order valence-electron chi connectivity index (χ3n) is 3.53. The Morgan fingerprint density at radius 2 is 1.77 bits per heavy atom. The molecule has 3 amide bonds. The van der Waals surface area contributed by atoms with Crippen LogP contribution in [0.15, 0.2) is 22.8 Å². The molecule has 1 heterocycles. The maximum Gasteiger partial charge on any atom is 0.407 e. The van der Waals surface area contributed by atoms with Crippen molar-refractivity contribution in [2.45, 2.75) is 60.9 Å². The van der Waals surface area contributed by atoms with Gasteiger partial charge in [0.25, 0.3) is 0 Å². The summed E-state index contributed by atoms with van der Waals surface area (Å²) in [6.45, 7) is 13.8. The van der Waals surface area contributed by atoms with E-state index in [1.807, 2.05) is 48.5 Å². The van der Waals surface area contributed by atoms with Crippen molar-refractivity contribution in [3.63, 3.8) is 0 Å². The molecule has 0 aliphatic carbocycles. The lowest BCUT2D eigenvalue weighted by Crippen LogP contribution is -2.52. The molecule has 8 nitrogen and oxygen atoms in total. The summed E-state index contributed by atoms with van der Waals surface area (Å²) in [5, 5.41) is 5.19. The van der Waals surface area contributed by atoms with E-state index < -0.39 is 12.1 Å². The molecular formula is C21H37BrN4O4. The number of hydrogen-bond acceptors (Lipinski definition) is 5. The van der Waals surface area contributed by atoms with Crippen LogP contribution in [0.1, 0.15) is 54.9 Å². The topological polar surface area (TPSA) is 101 Å². The number of pyridine rings is 1. The van der Waals surface area contributed by atoms with E-state index in [4.69, 9.17) is 0 Å². The molecule has 0 fully saturated rings. The van der Waals surface area contributed by atoms with Gasteiger partial charge in [0.05, 0.1) is 13.7 Å². The highest BCUT2D eigenvalue weighted by Gasteiger charge is 2.29. The molecule has 0 spiro atoms. The van der Waals surface area contributed by atoms with Crippen LogP contribution in [0.4, 0.5) is 10.6 Å². The average molecular weight is 489 g/mol. The summed E-state index contributed by atoms with van der Waals surface area (Å²) in [5.41, 5.74) is 0. The van der Waals surface area contributed by atoms with Crippen molar-refractivity contribution in [3.05, 3.63) is 22.8 Å². The lowest BCUT2D eigenvalue weighted by atomic mass is 10.0. The van der Waals surface area contributed by atoms with E-state index in [1.54, 1.807) is 18.3 Å². The van der Waals surface area contributed by atoms with Crippen LogP contribution in [-0.2, 0) is 14.3 Å². The van der Waals surface area contributed by atoms with Crippen molar-refractivity contribution >= 4 is 39.7 Å². The Hall–Kier alpha value is -2.16. The number of methoxy groups -OCH3 is 1. The number of nitrogens with zero attached hydrogens (tertiary/aromatic N) is 2. The van der Waals surface area contributed by atoms with Crippen molar-refractivity contribution < 1.29 is 19.1 Å². The fourth-order valence-corrected chi connectivity index (χ4v) is 2.47. The molecule has 172 valence electrons. The average Bonchev–Trinajstić information content (AvgIpc) is 2.75. The monoisotopic (exact) mass is 488 g/mol. The van der Waals surface area contributed by atoms with E-state index in [9.17, 15) is 14.4 Å². The minimum atomic E-state index is -0.771. The predicted molar refractivity (Wildman–Crippen MR) is 124 cm³/mol. The Kier molecular flexibility index (Phi) is 17.7. The maximum atomic E-state index is 12.8. The zero-order valence-corrected chi connectivity index (χ0v) is 21.0. The van der Waals surface area contributed by atoms with Gasteiger partial charge >= 0.3 is 6.09 Å². The Morgan fingerprint density at radius 1 is 1.17 bits per heavy atom. The molecule has 0 unspecified atom stereocenters. The Morgan fingerprint density at radius 3 is 2.20 bits per heavy atom. The summed E-state index contributed by atoms with van der Waals surface area (Å²) < 4.78 is 5.38. The van der Waals surface area contributed by atoms with E-state index in [0.29, 0.717) is 18.8 Å². The number of amides is 3. The summed E-state index contributed by atoms with van der Waals surface area (Å²) in [4.78, 5) is 42.1. The predicted octanol–water partition coefficient (Wildman–Crippen LogP) is 4.45. The number of nitrogens with one attached hydrogen (secondary N) is 2. The molecule has 1 atom stereocenters. The summed E-state index contributed by atoms with van der Waals surface area (Å²) in [6.07, 6.45) is 1.56. The second kappa shape index (κ2) is 17.7. The molecule has 0 bridgehead atoms. The number of halogens is 1. The fourth-order valence-electron chi connectivity index (χ4n) is 2.24. The highest BCUT2D eigenvalue weighted by atomic mass is 79.9. The SMILES string of the molecule is CC.CC.CCCN(CC(=O)Nc1ccc(Br)cn1)C(=O)[C@@H](NC(=O)OC)C(C)C. The van der Waals surface area contributed by atoms with Gasteiger partial charge in [0.1, 0.15) is 11.9 Å². The number of anilines is 1. The van der Waals surface area contributed by atoms with Gasteiger partial charge < -0.3 is 20.3 Å². The highest BCUT2D eigenvalue weighted by molar-refractivity contribution is 9.10. The van der Waals surface area contributed by atoms with E-state index in [0.717, 1.165) is 4.47 Å². The van der Waals surface area contributed by atoms with Gasteiger partial charge in [-0.25, -0.2) is 9.78 Å². The number of alkyl carbamates (subject to hydrolysis) is 1. The van der Waals surface area contributed by atoms with Gasteiger partial charge in [0, 0.05) is 17.2 Å². The summed E-state index contributed by atoms with van der Waals surface area (Å²) >= 11 is 3.27. The lowest BCUT2D eigenvalue weighted by molar-refractivity contribution is -0.137. The molecule has 0 aliphatic rings. The van der Waals surface area contributed by atoms with E-state index >= 15 is 0 Å². The van der Waals surface area contributed by atoms with Crippen LogP contribution in [0.3, 0.4) is 0 Å². The van der Waals surface area contributed by atoms with E-state index in [1.165, 1.54) is 12.0 Å². The first-order valence-corrected chi connectivity index (χ1v) is 11.1. The van der Waals surface area contributed by atoms with Crippen LogP contribution < -0.4 is 10.6 Å². The zero-order chi connectivity index (χ0) is 23.7. The third kappa shape index (κ3) is 11.7. The molecule has 30 heavy (non-hydrogen) atoms. The van der Waals surface area contributed by atoms with Gasteiger partial charge in [0.2, 0.25) is 11.8 Å². The Bertz CT molecular complexity index is 624. The fraction of sp³-hybridized carbons (Fsp3) is 0.619. The molecule has 0 saturated heterocycles. The molecule has 9 heteroatoms. The molecule has 0 aromatic carbocycles. The van der Waals surface area contributed by atoms with Gasteiger partial charge in [-0.05, 0) is 40.4 Å². The van der Waals surface area contributed by atoms with E-state index in [2.05, 4.69) is 36.3 Å². The molecule has 0 aliphatic heterocycles. The van der Waals surface area contributed by atoms with Gasteiger partial charge in [-0.1, -0.05) is 48.5 Å². The summed E-state index contributed by atoms with van der Waals surface area (Å²) in [7, 11) is 1.24. The standard InChI is InChI=1S/C17H25BrN4O4.2C2H6/c1-5-8-22(16(24)15(11(2)3)21-17(25)26-4)10-14(23)20-13-7-6-12(18)9-19-13;2*1-2/h6-7,9,11,15H,5,8,10H2,1-4H3,(H,21,25)(H,19,20,23);2*1-2H3/t15-;;/m0../s1. The lowest BCUT2D eigenvalue weighted by Gasteiger charge is -2.28. The molecular weight excluding hydrogens is 452 g/mol. The first-order valence-electron chi connectivity index (χ1n) is 10.3. The summed E-state index contributed by atoms with van der Waals surface area (Å²) in [6, 6.07) is 2.64. The molecule has 1 aromatic heterocycles. The van der Waals surface area contributed by atoms with Crippen LogP contribution in [0.25, 0.3) is 0 Å². The van der Waals surface area contributed by atoms with Crippen LogP contribution in [-0.4, -0.2) is 54.0 Å². The van der Waals surface area contributed by atoms with Crippen molar-refractivity contribution in [3.8, 4) is 0 Å². The Labute approximate surface area is 189 Å². The van der Waals surface area contributed by atoms with Crippen molar-refractivity contribution in [2.75, 3.05) is 25.5 Å². The third-order valence-corrected chi connectivity index (χ3v) is 4.00. The van der Waals surface area contributed by atoms with Gasteiger partial charge in [-0.3, -0.25) is 9.59 Å². The van der Waals surface area contributed by atoms with E-state index in [-0.39, 0.29) is 24.3 Å². The quantitative estimate of drug-likeness (QED) is 0.562. The number of ether oxygens (including phenoxy) is 1. The number of hydrogen-bond donors (Lipinski definition) is 2. The van der Waals surface area contributed by atoms with Crippen LogP contribution >= 0.6 is 15.9 Å². The van der Waals surface area contributed by atoms with Gasteiger partial charge in [-0.2, -0.15) is 0 Å². The van der Waals surface area contributed by atoms with Crippen LogP contribution in [0, 0.1) is 5.92 Å². The minimum Gasteiger partial charge on any atom is -0.453 e. The first kappa shape index (κ1) is 30.0. The maximum absolute atomic E-state index is 12.8. The largest absolute Gasteiger partial charge is 0.453 e. The van der Waals surface area contributed by atoms with Crippen molar-refractivity contribution in [2.24, 2.45) is 5.92 Å². The normalized spacial score (nSPS) is 10.5. The molecule has 1 rings (SSSR count). The smallest absolute Gasteiger partial charge is 0.407 e. The first-order chi connectivity index (χ1) is 14.3. The summed E-state index contributed by atoms with van der Waals surface area (Å²) in [5.74, 6) is -0.444. The number of carbonyl (C=O) groups excluding carboxylic acids is 3. The number of carbonyl (C=O) groups is 3. The zero-order valence-electron chi connectivity index (χ0n) is 19.4. The van der Waals surface area contributed by atoms with Crippen molar-refractivity contribution in [1.82, 2.24) is 15.2 Å². The van der Waals surface area contributed by atoms with Crippen LogP contribution in [0.2, 0.25) is 0 Å². The number of aromatic nitrogens is 1. The molecule has 2 N–H and O–H groups in total. The number of rotatable bonds is 8. The molecule has 0 saturated carbocycles. The van der Waals surface area contributed by atoms with Gasteiger partial charge in [-0.15, -0.1) is 0 Å². The molecule has 0 radical (unpaired) electrons. The Balaban J connectivity index is 0. The second-order valence-corrected chi connectivity index (χ2v) is 6.94. The minimum absolute atomic E-state index is 0.128. The second-order valence-electron chi connectivity index (χ2n) is 6.03. The van der Waals surface area contributed by atoms with Gasteiger partial charge in [0.15, 0.2) is 0 Å².